The second-order valence-electron chi connectivity index (χ2n) is 11.7. The average Bonchev–Trinajstić information content (AvgIpc) is 3.10. The van der Waals surface area contributed by atoms with Crippen LogP contribution >= 0.6 is 0 Å². The summed E-state index contributed by atoms with van der Waals surface area (Å²) >= 11 is 0. The lowest BCUT2D eigenvalue weighted by molar-refractivity contribution is 0.0511. The molecule has 0 bridgehead atoms. The van der Waals surface area contributed by atoms with E-state index in [1.54, 1.807) is 11.1 Å². The summed E-state index contributed by atoms with van der Waals surface area (Å²) in [5.41, 5.74) is 5.22. The Morgan fingerprint density at radius 3 is 2.76 bits per heavy atom. The van der Waals surface area contributed by atoms with Crippen molar-refractivity contribution in [2.45, 2.75) is 110 Å². The van der Waals surface area contributed by atoms with Crippen LogP contribution in [0.4, 0.5) is 4.79 Å². The van der Waals surface area contributed by atoms with E-state index in [1.165, 1.54) is 38.5 Å². The molecule has 5 atom stereocenters. The van der Waals surface area contributed by atoms with Gasteiger partial charge in [-0.2, -0.15) is 0 Å². The van der Waals surface area contributed by atoms with Gasteiger partial charge >= 0.3 is 6.09 Å². The van der Waals surface area contributed by atoms with Crippen LogP contribution < -0.4 is 5.48 Å². The van der Waals surface area contributed by atoms with E-state index in [2.05, 4.69) is 32.6 Å². The van der Waals surface area contributed by atoms with E-state index in [0.717, 1.165) is 42.7 Å². The number of carbonyl (C=O) groups excluding carboxylic acids is 1. The highest BCUT2D eigenvalue weighted by molar-refractivity contribution is 5.65. The Morgan fingerprint density at radius 2 is 2.06 bits per heavy atom. The van der Waals surface area contributed by atoms with Crippen molar-refractivity contribution in [3.05, 3.63) is 35.5 Å². The maximum absolute atomic E-state index is 11.4. The number of hydrogen-bond acceptors (Lipinski definition) is 4. The van der Waals surface area contributed by atoms with Crippen LogP contribution in [-0.4, -0.2) is 28.1 Å². The fraction of sp³-hybridized carbons (Fsp3) is 0.750. The number of carbonyl (C=O) groups is 1. The topological polar surface area (TPSA) is 78.8 Å². The van der Waals surface area contributed by atoms with Crippen LogP contribution in [0.3, 0.4) is 0 Å². The zero-order valence-corrected chi connectivity index (χ0v) is 21.2. The molecule has 1 unspecified atom stereocenters. The Morgan fingerprint density at radius 1 is 1.30 bits per heavy atom. The van der Waals surface area contributed by atoms with E-state index in [9.17, 15) is 9.90 Å². The van der Waals surface area contributed by atoms with Crippen LogP contribution in [0.15, 0.2) is 35.5 Å². The van der Waals surface area contributed by atoms with Crippen LogP contribution in [0.5, 0.6) is 0 Å². The highest BCUT2D eigenvalue weighted by Gasteiger charge is 2.50. The normalized spacial score (nSPS) is 33.8. The Labute approximate surface area is 200 Å². The molecule has 5 heteroatoms. The zero-order chi connectivity index (χ0) is 24.2. The molecule has 3 N–H and O–H groups in total. The predicted octanol–water partition coefficient (Wildman–Crippen LogP) is 6.86. The fourth-order valence-electron chi connectivity index (χ4n) is 6.93. The molecule has 0 heterocycles. The molecular weight excluding hydrogens is 414 g/mol. The number of hydrogen-bond donors (Lipinski definition) is 3. The molecule has 3 fully saturated rings. The molecule has 3 aliphatic rings. The van der Waals surface area contributed by atoms with Gasteiger partial charge in [0.15, 0.2) is 0 Å². The zero-order valence-electron chi connectivity index (χ0n) is 21.2. The molecule has 0 aliphatic heterocycles. The van der Waals surface area contributed by atoms with E-state index >= 15 is 0 Å². The number of amides is 1. The van der Waals surface area contributed by atoms with Gasteiger partial charge in [-0.05, 0) is 94.0 Å². The number of hydroxylamine groups is 1. The van der Waals surface area contributed by atoms with Crippen LogP contribution in [0.1, 0.15) is 98.3 Å². The van der Waals surface area contributed by atoms with Gasteiger partial charge in [-0.1, -0.05) is 56.6 Å². The van der Waals surface area contributed by atoms with Gasteiger partial charge in [0, 0.05) is 6.42 Å². The van der Waals surface area contributed by atoms with E-state index < -0.39 is 11.7 Å². The Bertz CT molecular complexity index is 777. The minimum Gasteiger partial charge on any atom is -0.444 e. The third kappa shape index (κ3) is 6.51. The summed E-state index contributed by atoms with van der Waals surface area (Å²) in [7, 11) is 0. The van der Waals surface area contributed by atoms with Crippen molar-refractivity contribution in [1.82, 2.24) is 5.48 Å². The molecule has 0 aromatic carbocycles. The van der Waals surface area contributed by atoms with E-state index in [4.69, 9.17) is 9.94 Å². The molecule has 3 aliphatic carbocycles. The van der Waals surface area contributed by atoms with Gasteiger partial charge in [0.2, 0.25) is 0 Å². The first-order valence-corrected chi connectivity index (χ1v) is 12.9. The number of ether oxygens (including phenoxy) is 1. The maximum atomic E-state index is 11.4. The van der Waals surface area contributed by atoms with Crippen molar-refractivity contribution >= 4 is 6.09 Å². The molecule has 5 nitrogen and oxygen atoms in total. The van der Waals surface area contributed by atoms with E-state index in [0.29, 0.717) is 23.7 Å². The van der Waals surface area contributed by atoms with Crippen molar-refractivity contribution in [3.8, 4) is 0 Å². The second kappa shape index (κ2) is 10.8. The Hall–Kier alpha value is -1.59. The summed E-state index contributed by atoms with van der Waals surface area (Å²) in [5, 5.41) is 18.8. The third-order valence-electron chi connectivity index (χ3n) is 8.71. The van der Waals surface area contributed by atoms with Crippen molar-refractivity contribution < 1.29 is 19.8 Å². The SMILES string of the molecule is C=C1CC[C@H](OC(=O)NO)C/C1=C/C=C1\CCC[C@@]2(C)C1CC[C@@H]2[C@@H](C)CCCC(C)(C)O. The molecule has 0 saturated heterocycles. The minimum atomic E-state index is -0.790. The number of aliphatic hydroxyl groups is 1. The molecule has 3 rings (SSSR count). The predicted molar refractivity (Wildman–Crippen MR) is 132 cm³/mol. The molecular formula is C28H45NO4. The summed E-state index contributed by atoms with van der Waals surface area (Å²) in [4.78, 5) is 11.4. The Balaban J connectivity index is 1.67. The Kier molecular flexibility index (Phi) is 8.50. The van der Waals surface area contributed by atoms with Gasteiger partial charge in [0.05, 0.1) is 5.60 Å². The molecule has 186 valence electrons. The quantitative estimate of drug-likeness (QED) is 0.287. The van der Waals surface area contributed by atoms with Crippen LogP contribution in [-0.2, 0) is 4.74 Å². The first-order chi connectivity index (χ1) is 15.5. The summed E-state index contributed by atoms with van der Waals surface area (Å²) in [5.74, 6) is 2.09. The average molecular weight is 460 g/mol. The summed E-state index contributed by atoms with van der Waals surface area (Å²) < 4.78 is 5.27. The summed E-state index contributed by atoms with van der Waals surface area (Å²) in [6.45, 7) is 13.0. The van der Waals surface area contributed by atoms with Gasteiger partial charge in [-0.3, -0.25) is 5.21 Å². The molecule has 3 saturated carbocycles. The van der Waals surface area contributed by atoms with E-state index in [1.807, 2.05) is 13.8 Å². The largest absolute Gasteiger partial charge is 0.444 e. The maximum Gasteiger partial charge on any atom is 0.431 e. The standard InChI is InChI=1S/C28H45NO4/c1-19-10-13-23(33-26(30)29-32)18-22(19)12-11-21-9-7-17-28(5)24(14-15-25(21)28)20(2)8-6-16-27(3,4)31/h11-12,20,23-25,31-32H,1,6-10,13-18H2,2-5H3,(H,29,30)/b21-11+,22-12-/t20-,23-,24+,25?,28+/m0/s1. The highest BCUT2D eigenvalue weighted by atomic mass is 16.6. The number of nitrogens with one attached hydrogen (secondary N) is 1. The monoisotopic (exact) mass is 459 g/mol. The van der Waals surface area contributed by atoms with E-state index in [-0.39, 0.29) is 6.10 Å². The fourth-order valence-corrected chi connectivity index (χ4v) is 6.93. The van der Waals surface area contributed by atoms with Gasteiger partial charge in [-0.25, -0.2) is 10.3 Å². The number of fused-ring (bicyclic) bond motifs is 1. The molecule has 0 radical (unpaired) electrons. The molecule has 33 heavy (non-hydrogen) atoms. The van der Waals surface area contributed by atoms with Crippen LogP contribution in [0.2, 0.25) is 0 Å². The highest BCUT2D eigenvalue weighted by Crippen LogP contribution is 2.60. The lowest BCUT2D eigenvalue weighted by atomic mass is 9.60. The summed E-state index contributed by atoms with van der Waals surface area (Å²) in [6, 6.07) is 0. The lowest BCUT2D eigenvalue weighted by Gasteiger charge is -2.44. The minimum absolute atomic E-state index is 0.218. The lowest BCUT2D eigenvalue weighted by Crippen LogP contribution is -2.36. The molecule has 0 aromatic rings. The van der Waals surface area contributed by atoms with Crippen molar-refractivity contribution in [2.75, 3.05) is 0 Å². The van der Waals surface area contributed by atoms with Gasteiger partial charge in [0.1, 0.15) is 6.10 Å². The van der Waals surface area contributed by atoms with Crippen LogP contribution in [0.25, 0.3) is 0 Å². The number of allylic oxidation sites excluding steroid dienone is 4. The third-order valence-corrected chi connectivity index (χ3v) is 8.71. The first kappa shape index (κ1) is 26.0. The molecule has 0 aromatic heterocycles. The van der Waals surface area contributed by atoms with Crippen LogP contribution in [0, 0.1) is 23.2 Å². The van der Waals surface area contributed by atoms with Gasteiger partial charge in [0.25, 0.3) is 0 Å². The van der Waals surface area contributed by atoms with Gasteiger partial charge < -0.3 is 9.84 Å². The number of rotatable bonds is 7. The first-order valence-electron chi connectivity index (χ1n) is 12.9. The van der Waals surface area contributed by atoms with Crippen molar-refractivity contribution in [1.29, 1.82) is 0 Å². The second-order valence-corrected chi connectivity index (χ2v) is 11.7. The molecule has 1 amide bonds. The van der Waals surface area contributed by atoms with Crippen molar-refractivity contribution in [2.24, 2.45) is 23.2 Å². The smallest absolute Gasteiger partial charge is 0.431 e. The van der Waals surface area contributed by atoms with Crippen molar-refractivity contribution in [3.63, 3.8) is 0 Å². The summed E-state index contributed by atoms with van der Waals surface area (Å²) in [6.07, 6.45) is 15.2. The molecule has 0 spiro atoms. The van der Waals surface area contributed by atoms with Gasteiger partial charge in [-0.15, -0.1) is 0 Å².